The summed E-state index contributed by atoms with van der Waals surface area (Å²) in [5, 5.41) is 3.07. The zero-order chi connectivity index (χ0) is 14.1. The van der Waals surface area contributed by atoms with Crippen molar-refractivity contribution in [2.45, 2.75) is 26.3 Å². The van der Waals surface area contributed by atoms with E-state index in [0.717, 1.165) is 12.2 Å². The fourth-order valence-electron chi connectivity index (χ4n) is 1.51. The Labute approximate surface area is 127 Å². The summed E-state index contributed by atoms with van der Waals surface area (Å²) in [5.74, 6) is 0.774. The van der Waals surface area contributed by atoms with E-state index in [4.69, 9.17) is 9.47 Å². The lowest BCUT2D eigenvalue weighted by molar-refractivity contribution is -0.120. The number of rotatable bonds is 9. The molecule has 0 bridgehead atoms. The van der Waals surface area contributed by atoms with Crippen molar-refractivity contribution in [3.05, 3.63) is 29.8 Å². The number of ether oxygens (including phenoxy) is 2. The first kappa shape index (κ1) is 18.9. The second kappa shape index (κ2) is 10.7. The molecule has 0 spiro atoms. The molecular formula is C15H24ClNO3. The molecule has 1 rings (SSSR count). The predicted molar refractivity (Wildman–Crippen MR) is 82.9 cm³/mol. The maximum atomic E-state index is 11.5. The molecule has 0 radical (unpaired) electrons. The summed E-state index contributed by atoms with van der Waals surface area (Å²) in [6.45, 7) is 5.18. The van der Waals surface area contributed by atoms with Crippen LogP contribution in [0.5, 0.6) is 5.75 Å². The number of Topliss-reactive ketones (excluding diaryl/α,β-unsaturated/α-hetero) is 1. The second-order valence-electron chi connectivity index (χ2n) is 4.75. The Hall–Kier alpha value is -1.10. The standard InChI is InChI=1S/C15H23NO3.ClH/c1-12(2)16-10-14(17)11-19-15-6-4-13(5-7-15)8-9-18-3;/h4-7,12,16H,8-11H2,1-3H3;1H. The number of hydrogen-bond acceptors (Lipinski definition) is 4. The highest BCUT2D eigenvalue weighted by Gasteiger charge is 2.04. The van der Waals surface area contributed by atoms with Gasteiger partial charge in [-0.3, -0.25) is 4.79 Å². The van der Waals surface area contributed by atoms with E-state index in [1.807, 2.05) is 38.1 Å². The first-order valence-electron chi connectivity index (χ1n) is 6.57. The molecule has 0 aliphatic rings. The summed E-state index contributed by atoms with van der Waals surface area (Å²) in [5.41, 5.74) is 1.20. The molecule has 0 unspecified atom stereocenters. The molecule has 4 nitrogen and oxygen atoms in total. The zero-order valence-electron chi connectivity index (χ0n) is 12.3. The molecule has 0 heterocycles. The van der Waals surface area contributed by atoms with Gasteiger partial charge in [-0.15, -0.1) is 12.4 Å². The Morgan fingerprint density at radius 2 is 1.90 bits per heavy atom. The Balaban J connectivity index is 0.00000361. The minimum Gasteiger partial charge on any atom is -0.486 e. The van der Waals surface area contributed by atoms with E-state index in [0.29, 0.717) is 19.2 Å². The third-order valence-electron chi connectivity index (χ3n) is 2.63. The lowest BCUT2D eigenvalue weighted by Gasteiger charge is -2.09. The normalized spacial score (nSPS) is 10.2. The molecule has 0 aliphatic carbocycles. The number of carbonyl (C=O) groups is 1. The topological polar surface area (TPSA) is 47.6 Å². The number of halogens is 1. The molecule has 0 aromatic heterocycles. The van der Waals surface area contributed by atoms with Gasteiger partial charge in [-0.25, -0.2) is 0 Å². The van der Waals surface area contributed by atoms with Crippen LogP contribution in [-0.2, 0) is 16.0 Å². The van der Waals surface area contributed by atoms with Gasteiger partial charge < -0.3 is 14.8 Å². The van der Waals surface area contributed by atoms with Crippen LogP contribution in [0.3, 0.4) is 0 Å². The lowest BCUT2D eigenvalue weighted by Crippen LogP contribution is -2.31. The van der Waals surface area contributed by atoms with Crippen molar-refractivity contribution in [1.29, 1.82) is 0 Å². The maximum Gasteiger partial charge on any atom is 0.183 e. The van der Waals surface area contributed by atoms with Crippen LogP contribution in [0.15, 0.2) is 24.3 Å². The maximum absolute atomic E-state index is 11.5. The van der Waals surface area contributed by atoms with Gasteiger partial charge in [-0.1, -0.05) is 26.0 Å². The fourth-order valence-corrected chi connectivity index (χ4v) is 1.51. The van der Waals surface area contributed by atoms with E-state index in [9.17, 15) is 4.79 Å². The molecule has 0 aliphatic heterocycles. The number of nitrogens with one attached hydrogen (secondary N) is 1. The van der Waals surface area contributed by atoms with E-state index in [1.165, 1.54) is 5.56 Å². The van der Waals surface area contributed by atoms with Gasteiger partial charge in [-0.2, -0.15) is 0 Å². The van der Waals surface area contributed by atoms with Gasteiger partial charge in [0, 0.05) is 13.2 Å². The second-order valence-corrected chi connectivity index (χ2v) is 4.75. The minimum atomic E-state index is 0. The van der Waals surface area contributed by atoms with Crippen LogP contribution in [0, 0.1) is 0 Å². The Bertz CT molecular complexity index is 379. The number of ketones is 1. The molecule has 1 aromatic rings. The average Bonchev–Trinajstić information content (AvgIpc) is 2.41. The van der Waals surface area contributed by atoms with Crippen LogP contribution in [0.2, 0.25) is 0 Å². The third-order valence-corrected chi connectivity index (χ3v) is 2.63. The molecule has 20 heavy (non-hydrogen) atoms. The number of carbonyl (C=O) groups excluding carboxylic acids is 1. The first-order valence-corrected chi connectivity index (χ1v) is 6.57. The quantitative estimate of drug-likeness (QED) is 0.760. The molecule has 0 fully saturated rings. The highest BCUT2D eigenvalue weighted by molar-refractivity contribution is 5.85. The van der Waals surface area contributed by atoms with Gasteiger partial charge in [-0.05, 0) is 24.1 Å². The number of methoxy groups -OCH3 is 1. The highest BCUT2D eigenvalue weighted by atomic mass is 35.5. The Kier molecular flexibility index (Phi) is 10.1. The van der Waals surface area contributed by atoms with Crippen LogP contribution in [0.25, 0.3) is 0 Å². The summed E-state index contributed by atoms with van der Waals surface area (Å²) >= 11 is 0. The molecule has 114 valence electrons. The van der Waals surface area contributed by atoms with E-state index < -0.39 is 0 Å². The van der Waals surface area contributed by atoms with Gasteiger partial charge in [0.05, 0.1) is 13.2 Å². The molecular weight excluding hydrogens is 278 g/mol. The van der Waals surface area contributed by atoms with Gasteiger partial charge >= 0.3 is 0 Å². The molecule has 1 aromatic carbocycles. The van der Waals surface area contributed by atoms with Crippen molar-refractivity contribution < 1.29 is 14.3 Å². The monoisotopic (exact) mass is 301 g/mol. The zero-order valence-corrected chi connectivity index (χ0v) is 13.2. The molecule has 5 heteroatoms. The van der Waals surface area contributed by atoms with Crippen LogP contribution < -0.4 is 10.1 Å². The summed E-state index contributed by atoms with van der Waals surface area (Å²) in [6.07, 6.45) is 0.883. The number of hydrogen-bond donors (Lipinski definition) is 1. The lowest BCUT2D eigenvalue weighted by atomic mass is 10.1. The molecule has 0 amide bonds. The largest absolute Gasteiger partial charge is 0.486 e. The molecule has 0 saturated carbocycles. The van der Waals surface area contributed by atoms with Crippen molar-refractivity contribution >= 4 is 18.2 Å². The average molecular weight is 302 g/mol. The van der Waals surface area contributed by atoms with Gasteiger partial charge in [0.25, 0.3) is 0 Å². The summed E-state index contributed by atoms with van der Waals surface area (Å²) in [7, 11) is 1.69. The van der Waals surface area contributed by atoms with Crippen molar-refractivity contribution in [3.63, 3.8) is 0 Å². The smallest absolute Gasteiger partial charge is 0.183 e. The number of benzene rings is 1. The summed E-state index contributed by atoms with van der Waals surface area (Å²) < 4.78 is 10.5. The van der Waals surface area contributed by atoms with Crippen LogP contribution >= 0.6 is 12.4 Å². The SMILES string of the molecule is COCCc1ccc(OCC(=O)CNC(C)C)cc1.Cl. The molecule has 0 atom stereocenters. The van der Waals surface area contributed by atoms with Crippen LogP contribution in [-0.4, -0.2) is 38.7 Å². The van der Waals surface area contributed by atoms with Gasteiger partial charge in [0.1, 0.15) is 12.4 Å². The van der Waals surface area contributed by atoms with E-state index in [2.05, 4.69) is 5.32 Å². The first-order chi connectivity index (χ1) is 9.11. The third kappa shape index (κ3) is 8.15. The van der Waals surface area contributed by atoms with E-state index >= 15 is 0 Å². The van der Waals surface area contributed by atoms with Crippen molar-refractivity contribution in [2.24, 2.45) is 0 Å². The highest BCUT2D eigenvalue weighted by Crippen LogP contribution is 2.12. The van der Waals surface area contributed by atoms with Crippen molar-refractivity contribution in [2.75, 3.05) is 26.9 Å². The Morgan fingerprint density at radius 1 is 1.25 bits per heavy atom. The predicted octanol–water partition coefficient (Wildman–Crippen LogP) is 2.24. The van der Waals surface area contributed by atoms with Crippen LogP contribution in [0.1, 0.15) is 19.4 Å². The summed E-state index contributed by atoms with van der Waals surface area (Å²) in [6, 6.07) is 8.06. The van der Waals surface area contributed by atoms with E-state index in [1.54, 1.807) is 7.11 Å². The molecule has 0 saturated heterocycles. The van der Waals surface area contributed by atoms with Gasteiger partial charge in [0.15, 0.2) is 5.78 Å². The van der Waals surface area contributed by atoms with Crippen molar-refractivity contribution in [3.8, 4) is 5.75 Å². The van der Waals surface area contributed by atoms with Crippen molar-refractivity contribution in [1.82, 2.24) is 5.32 Å². The van der Waals surface area contributed by atoms with E-state index in [-0.39, 0.29) is 24.8 Å². The van der Waals surface area contributed by atoms with Gasteiger partial charge in [0.2, 0.25) is 0 Å². The fraction of sp³-hybridized carbons (Fsp3) is 0.533. The minimum absolute atomic E-state index is 0. The Morgan fingerprint density at radius 3 is 2.45 bits per heavy atom. The van der Waals surface area contributed by atoms with Crippen LogP contribution in [0.4, 0.5) is 0 Å². The summed E-state index contributed by atoms with van der Waals surface area (Å²) in [4.78, 5) is 11.5. The molecule has 1 N–H and O–H groups in total.